The molecular weight excluding hydrogens is 388 g/mol. The summed E-state index contributed by atoms with van der Waals surface area (Å²) in [6, 6.07) is 6.73. The van der Waals surface area contributed by atoms with Crippen LogP contribution in [0.25, 0.3) is 5.65 Å². The minimum absolute atomic E-state index is 0.338. The third kappa shape index (κ3) is 3.25. The lowest BCUT2D eigenvalue weighted by Crippen LogP contribution is -2.28. The summed E-state index contributed by atoms with van der Waals surface area (Å²) in [5, 5.41) is 16.1. The predicted octanol–water partition coefficient (Wildman–Crippen LogP) is 3.11. The van der Waals surface area contributed by atoms with Gasteiger partial charge in [0.1, 0.15) is 5.56 Å². The van der Waals surface area contributed by atoms with Crippen LogP contribution in [-0.4, -0.2) is 31.6 Å². The Morgan fingerprint density at radius 1 is 1.20 bits per heavy atom. The van der Waals surface area contributed by atoms with E-state index in [0.29, 0.717) is 22.5 Å². The van der Waals surface area contributed by atoms with Gasteiger partial charge in [-0.1, -0.05) is 12.1 Å². The average Bonchev–Trinajstić information content (AvgIpc) is 2.98. The number of nitrogens with one attached hydrogen (secondary N) is 1. The van der Waals surface area contributed by atoms with E-state index in [9.17, 15) is 14.7 Å². The van der Waals surface area contributed by atoms with E-state index in [0.717, 1.165) is 4.47 Å². The molecule has 25 heavy (non-hydrogen) atoms. The van der Waals surface area contributed by atoms with Gasteiger partial charge in [-0.05, 0) is 47.5 Å². The number of halogens is 1. The van der Waals surface area contributed by atoms with E-state index < -0.39 is 11.4 Å². The Labute approximate surface area is 151 Å². The van der Waals surface area contributed by atoms with Gasteiger partial charge in [-0.15, -0.1) is 0 Å². The Morgan fingerprint density at radius 2 is 1.88 bits per heavy atom. The fraction of sp³-hybridized carbons (Fsp3) is 0.176. The van der Waals surface area contributed by atoms with E-state index in [1.807, 2.05) is 0 Å². The quantitative estimate of drug-likeness (QED) is 0.698. The van der Waals surface area contributed by atoms with Crippen LogP contribution in [0.5, 0.6) is 0 Å². The molecule has 0 atom stereocenters. The molecule has 0 aliphatic heterocycles. The first kappa shape index (κ1) is 17.1. The van der Waals surface area contributed by atoms with Gasteiger partial charge in [-0.25, -0.2) is 9.50 Å². The minimum Gasteiger partial charge on any atom is -0.481 e. The molecule has 1 amide bonds. The largest absolute Gasteiger partial charge is 0.481 e. The standard InChI is InChI=1S/C17H15BrN4O3/c1-17(2,16(24)25)10-3-5-12(6-4-10)21-15(23)13-8-20-22-9-11(18)7-19-14(13)22/h3-9H,1-2H3,(H,21,23)(H,24,25). The molecule has 0 saturated heterocycles. The molecule has 2 heterocycles. The Hall–Kier alpha value is -2.74. The SMILES string of the molecule is CC(C)(C(=O)O)c1ccc(NC(=O)c2cnn3cc(Br)cnc23)cc1. The lowest BCUT2D eigenvalue weighted by Gasteiger charge is -2.19. The number of hydrogen-bond acceptors (Lipinski definition) is 4. The summed E-state index contributed by atoms with van der Waals surface area (Å²) >= 11 is 3.30. The molecule has 7 nitrogen and oxygen atoms in total. The maximum Gasteiger partial charge on any atom is 0.313 e. The number of carboxylic acids is 1. The lowest BCUT2D eigenvalue weighted by molar-refractivity contribution is -0.142. The number of aromatic nitrogens is 3. The van der Waals surface area contributed by atoms with Gasteiger partial charge < -0.3 is 10.4 Å². The van der Waals surface area contributed by atoms with Crippen LogP contribution in [0.4, 0.5) is 5.69 Å². The van der Waals surface area contributed by atoms with Crippen molar-refractivity contribution in [3.05, 3.63) is 58.5 Å². The molecule has 0 spiro atoms. The Balaban J connectivity index is 1.82. The van der Waals surface area contributed by atoms with Gasteiger partial charge >= 0.3 is 5.97 Å². The second kappa shape index (κ2) is 6.29. The Bertz CT molecular complexity index is 964. The van der Waals surface area contributed by atoms with Crippen LogP contribution in [-0.2, 0) is 10.2 Å². The van der Waals surface area contributed by atoms with Crippen molar-refractivity contribution in [2.24, 2.45) is 0 Å². The van der Waals surface area contributed by atoms with Crippen molar-refractivity contribution >= 4 is 39.1 Å². The van der Waals surface area contributed by atoms with E-state index in [4.69, 9.17) is 0 Å². The maximum absolute atomic E-state index is 12.5. The number of benzene rings is 1. The zero-order chi connectivity index (χ0) is 18.2. The van der Waals surface area contributed by atoms with Crippen LogP contribution < -0.4 is 5.32 Å². The maximum atomic E-state index is 12.5. The molecule has 128 valence electrons. The fourth-order valence-corrected chi connectivity index (χ4v) is 2.60. The molecule has 0 fully saturated rings. The van der Waals surface area contributed by atoms with Crippen molar-refractivity contribution in [3.8, 4) is 0 Å². The van der Waals surface area contributed by atoms with E-state index in [-0.39, 0.29) is 5.91 Å². The Kier molecular flexibility index (Phi) is 4.30. The molecule has 1 aromatic carbocycles. The highest BCUT2D eigenvalue weighted by Gasteiger charge is 2.29. The molecule has 3 aromatic rings. The lowest BCUT2D eigenvalue weighted by atomic mass is 9.85. The van der Waals surface area contributed by atoms with Gasteiger partial charge in [0.2, 0.25) is 0 Å². The molecule has 0 unspecified atom stereocenters. The topological polar surface area (TPSA) is 96.6 Å². The van der Waals surface area contributed by atoms with E-state index in [1.54, 1.807) is 50.5 Å². The van der Waals surface area contributed by atoms with Crippen LogP contribution in [0, 0.1) is 0 Å². The van der Waals surface area contributed by atoms with E-state index in [2.05, 4.69) is 31.3 Å². The van der Waals surface area contributed by atoms with Crippen LogP contribution >= 0.6 is 15.9 Å². The van der Waals surface area contributed by atoms with Crippen molar-refractivity contribution in [2.45, 2.75) is 19.3 Å². The summed E-state index contributed by atoms with van der Waals surface area (Å²) in [6.45, 7) is 3.26. The molecular formula is C17H15BrN4O3. The minimum atomic E-state index is -0.998. The number of anilines is 1. The highest BCUT2D eigenvalue weighted by atomic mass is 79.9. The molecule has 0 bridgehead atoms. The smallest absolute Gasteiger partial charge is 0.313 e. The number of amides is 1. The van der Waals surface area contributed by atoms with Gasteiger partial charge in [0.15, 0.2) is 5.65 Å². The van der Waals surface area contributed by atoms with Crippen molar-refractivity contribution < 1.29 is 14.7 Å². The van der Waals surface area contributed by atoms with Crippen LogP contribution in [0.3, 0.4) is 0 Å². The van der Waals surface area contributed by atoms with Crippen LogP contribution in [0.15, 0.2) is 47.3 Å². The van der Waals surface area contributed by atoms with Gasteiger partial charge in [0.25, 0.3) is 5.91 Å². The van der Waals surface area contributed by atoms with Gasteiger partial charge in [-0.2, -0.15) is 5.10 Å². The zero-order valence-corrected chi connectivity index (χ0v) is 15.1. The van der Waals surface area contributed by atoms with Crippen LogP contribution in [0.1, 0.15) is 29.8 Å². The number of nitrogens with zero attached hydrogens (tertiary/aromatic N) is 3. The first-order valence-electron chi connectivity index (χ1n) is 7.43. The number of rotatable bonds is 4. The first-order valence-corrected chi connectivity index (χ1v) is 8.22. The van der Waals surface area contributed by atoms with Gasteiger partial charge in [0, 0.05) is 18.1 Å². The van der Waals surface area contributed by atoms with Crippen molar-refractivity contribution in [2.75, 3.05) is 5.32 Å². The molecule has 0 aliphatic carbocycles. The average molecular weight is 403 g/mol. The molecule has 0 radical (unpaired) electrons. The summed E-state index contributed by atoms with van der Waals surface area (Å²) in [4.78, 5) is 27.9. The third-order valence-electron chi connectivity index (χ3n) is 3.97. The number of aliphatic carboxylic acids is 1. The summed E-state index contributed by atoms with van der Waals surface area (Å²) in [6.07, 6.45) is 4.75. The van der Waals surface area contributed by atoms with Crippen molar-refractivity contribution in [3.63, 3.8) is 0 Å². The Morgan fingerprint density at radius 3 is 2.52 bits per heavy atom. The number of hydrogen-bond donors (Lipinski definition) is 2. The van der Waals surface area contributed by atoms with E-state index in [1.165, 1.54) is 10.7 Å². The number of carbonyl (C=O) groups excluding carboxylic acids is 1. The van der Waals surface area contributed by atoms with Gasteiger partial charge in [0.05, 0.1) is 16.1 Å². The molecule has 0 aliphatic rings. The summed E-state index contributed by atoms with van der Waals surface area (Å²) in [5.74, 6) is -1.25. The second-order valence-corrected chi connectivity index (χ2v) is 6.98. The molecule has 8 heteroatoms. The summed E-state index contributed by atoms with van der Waals surface area (Å²) in [7, 11) is 0. The molecule has 2 aromatic heterocycles. The first-order chi connectivity index (χ1) is 11.8. The number of fused-ring (bicyclic) bond motifs is 1. The summed E-state index contributed by atoms with van der Waals surface area (Å²) in [5.41, 5.74) is 1.01. The second-order valence-electron chi connectivity index (χ2n) is 6.06. The van der Waals surface area contributed by atoms with Gasteiger partial charge in [-0.3, -0.25) is 9.59 Å². The van der Waals surface area contributed by atoms with E-state index >= 15 is 0 Å². The fourth-order valence-electron chi connectivity index (χ4n) is 2.30. The molecule has 0 saturated carbocycles. The van der Waals surface area contributed by atoms with Crippen LogP contribution in [0.2, 0.25) is 0 Å². The number of carboxylic acid groups (broad SMARTS) is 1. The molecule has 3 rings (SSSR count). The number of carbonyl (C=O) groups is 2. The normalized spacial score (nSPS) is 11.5. The van der Waals surface area contributed by atoms with Crippen molar-refractivity contribution in [1.82, 2.24) is 14.6 Å². The van der Waals surface area contributed by atoms with Crippen molar-refractivity contribution in [1.29, 1.82) is 0 Å². The highest BCUT2D eigenvalue weighted by molar-refractivity contribution is 9.10. The zero-order valence-electron chi connectivity index (χ0n) is 13.5. The molecule has 2 N–H and O–H groups in total. The predicted molar refractivity (Wildman–Crippen MR) is 95.7 cm³/mol. The third-order valence-corrected chi connectivity index (χ3v) is 4.38. The monoisotopic (exact) mass is 402 g/mol. The summed E-state index contributed by atoms with van der Waals surface area (Å²) < 4.78 is 2.27. The highest BCUT2D eigenvalue weighted by Crippen LogP contribution is 2.25.